The molecule has 0 saturated carbocycles. The van der Waals surface area contributed by atoms with Gasteiger partial charge in [0.1, 0.15) is 5.69 Å². The Morgan fingerprint density at radius 1 is 1.00 bits per heavy atom. The summed E-state index contributed by atoms with van der Waals surface area (Å²) in [5.41, 5.74) is 5.44. The van der Waals surface area contributed by atoms with Gasteiger partial charge in [-0.1, -0.05) is 43.3 Å². The van der Waals surface area contributed by atoms with E-state index in [1.54, 1.807) is 6.07 Å². The predicted octanol–water partition coefficient (Wildman–Crippen LogP) is 4.52. The van der Waals surface area contributed by atoms with Crippen molar-refractivity contribution in [2.24, 2.45) is 0 Å². The molecule has 1 heterocycles. The SMILES string of the molecule is CCc1ccc(NC(=O)c2cc(C)nc(NCc3ccccc3C)n2)cc1. The standard InChI is InChI=1S/C22H24N4O/c1-4-17-9-11-19(12-10-17)25-21(27)20-13-16(3)24-22(26-20)23-14-18-8-6-5-7-15(18)2/h5-13H,4,14H2,1-3H3,(H,25,27)(H,23,24,26). The quantitative estimate of drug-likeness (QED) is 0.678. The minimum atomic E-state index is -0.247. The maximum absolute atomic E-state index is 12.6. The average Bonchev–Trinajstić information content (AvgIpc) is 2.67. The summed E-state index contributed by atoms with van der Waals surface area (Å²) in [6.45, 7) is 6.63. The monoisotopic (exact) mass is 360 g/mol. The van der Waals surface area contributed by atoms with Crippen LogP contribution in [-0.2, 0) is 13.0 Å². The van der Waals surface area contributed by atoms with Gasteiger partial charge in [-0.2, -0.15) is 0 Å². The van der Waals surface area contributed by atoms with Crippen LogP contribution in [-0.4, -0.2) is 15.9 Å². The van der Waals surface area contributed by atoms with Gasteiger partial charge in [-0.05, 0) is 55.2 Å². The van der Waals surface area contributed by atoms with E-state index in [0.29, 0.717) is 18.2 Å². The number of hydrogen-bond donors (Lipinski definition) is 2. The van der Waals surface area contributed by atoms with Crippen LogP contribution in [0.2, 0.25) is 0 Å². The van der Waals surface area contributed by atoms with Crippen molar-refractivity contribution in [3.05, 3.63) is 82.7 Å². The normalized spacial score (nSPS) is 10.5. The fourth-order valence-electron chi connectivity index (χ4n) is 2.77. The largest absolute Gasteiger partial charge is 0.350 e. The molecule has 0 saturated heterocycles. The fraction of sp³-hybridized carbons (Fsp3) is 0.227. The molecular weight excluding hydrogens is 336 g/mol. The second-order valence-corrected chi connectivity index (χ2v) is 6.50. The summed E-state index contributed by atoms with van der Waals surface area (Å²) in [6, 6.07) is 17.7. The molecular formula is C22H24N4O. The molecule has 5 nitrogen and oxygen atoms in total. The van der Waals surface area contributed by atoms with E-state index >= 15 is 0 Å². The molecule has 0 spiro atoms. The van der Waals surface area contributed by atoms with Crippen molar-refractivity contribution < 1.29 is 4.79 Å². The summed E-state index contributed by atoms with van der Waals surface area (Å²) in [5.74, 6) is 0.202. The van der Waals surface area contributed by atoms with Gasteiger partial charge < -0.3 is 10.6 Å². The van der Waals surface area contributed by atoms with Crippen LogP contribution >= 0.6 is 0 Å². The zero-order chi connectivity index (χ0) is 19.2. The van der Waals surface area contributed by atoms with Gasteiger partial charge in [0.2, 0.25) is 5.95 Å². The summed E-state index contributed by atoms with van der Waals surface area (Å²) in [6.07, 6.45) is 0.968. The predicted molar refractivity (Wildman–Crippen MR) is 109 cm³/mol. The molecule has 0 unspecified atom stereocenters. The lowest BCUT2D eigenvalue weighted by molar-refractivity contribution is 0.102. The number of carbonyl (C=O) groups excluding carboxylic acids is 1. The van der Waals surface area contributed by atoms with Gasteiger partial charge in [0, 0.05) is 17.9 Å². The van der Waals surface area contributed by atoms with Crippen LogP contribution in [0.4, 0.5) is 11.6 Å². The number of nitrogens with zero attached hydrogens (tertiary/aromatic N) is 2. The van der Waals surface area contributed by atoms with E-state index in [9.17, 15) is 4.79 Å². The molecule has 2 aromatic carbocycles. The molecule has 0 atom stereocenters. The summed E-state index contributed by atoms with van der Waals surface area (Å²) >= 11 is 0. The van der Waals surface area contributed by atoms with Crippen LogP contribution < -0.4 is 10.6 Å². The number of anilines is 2. The van der Waals surface area contributed by atoms with Crippen molar-refractivity contribution in [3.8, 4) is 0 Å². The van der Waals surface area contributed by atoms with Gasteiger partial charge >= 0.3 is 0 Å². The second kappa shape index (κ2) is 8.45. The molecule has 3 aromatic rings. The van der Waals surface area contributed by atoms with E-state index < -0.39 is 0 Å². The van der Waals surface area contributed by atoms with Crippen molar-refractivity contribution in [3.63, 3.8) is 0 Å². The Bertz CT molecular complexity index is 935. The zero-order valence-corrected chi connectivity index (χ0v) is 15.9. The van der Waals surface area contributed by atoms with Crippen LogP contribution in [0.5, 0.6) is 0 Å². The Balaban J connectivity index is 1.71. The summed E-state index contributed by atoms with van der Waals surface area (Å²) in [4.78, 5) is 21.3. The maximum atomic E-state index is 12.6. The van der Waals surface area contributed by atoms with Gasteiger partial charge in [0.25, 0.3) is 5.91 Å². The van der Waals surface area contributed by atoms with Crippen LogP contribution in [0.15, 0.2) is 54.6 Å². The second-order valence-electron chi connectivity index (χ2n) is 6.50. The van der Waals surface area contributed by atoms with Crippen LogP contribution in [0, 0.1) is 13.8 Å². The summed E-state index contributed by atoms with van der Waals surface area (Å²) in [7, 11) is 0. The molecule has 0 radical (unpaired) electrons. The molecule has 1 amide bonds. The first kappa shape index (κ1) is 18.6. The average molecular weight is 360 g/mol. The summed E-state index contributed by atoms with van der Waals surface area (Å²) < 4.78 is 0. The number of rotatable bonds is 6. The minimum absolute atomic E-state index is 0.247. The van der Waals surface area contributed by atoms with Crippen molar-refractivity contribution in [1.29, 1.82) is 0 Å². The Labute approximate surface area is 159 Å². The number of hydrogen-bond acceptors (Lipinski definition) is 4. The molecule has 0 fully saturated rings. The van der Waals surface area contributed by atoms with E-state index in [1.807, 2.05) is 43.3 Å². The van der Waals surface area contributed by atoms with Crippen molar-refractivity contribution in [1.82, 2.24) is 9.97 Å². The Morgan fingerprint density at radius 3 is 2.44 bits per heavy atom. The smallest absolute Gasteiger partial charge is 0.274 e. The molecule has 27 heavy (non-hydrogen) atoms. The molecule has 0 aliphatic heterocycles. The van der Waals surface area contributed by atoms with Gasteiger partial charge in [-0.15, -0.1) is 0 Å². The fourth-order valence-corrected chi connectivity index (χ4v) is 2.77. The van der Waals surface area contributed by atoms with Crippen LogP contribution in [0.25, 0.3) is 0 Å². The van der Waals surface area contributed by atoms with E-state index in [2.05, 4.69) is 46.6 Å². The lowest BCUT2D eigenvalue weighted by atomic mass is 10.1. The van der Waals surface area contributed by atoms with E-state index in [-0.39, 0.29) is 5.91 Å². The topological polar surface area (TPSA) is 66.9 Å². The van der Waals surface area contributed by atoms with Crippen molar-refractivity contribution >= 4 is 17.5 Å². The first-order chi connectivity index (χ1) is 13.0. The molecule has 2 N–H and O–H groups in total. The molecule has 5 heteroatoms. The third-order valence-corrected chi connectivity index (χ3v) is 4.41. The number of nitrogens with one attached hydrogen (secondary N) is 2. The molecule has 1 aromatic heterocycles. The number of benzene rings is 2. The molecule has 0 aliphatic carbocycles. The maximum Gasteiger partial charge on any atom is 0.274 e. The van der Waals surface area contributed by atoms with Gasteiger partial charge in [0.05, 0.1) is 0 Å². The van der Waals surface area contributed by atoms with Crippen LogP contribution in [0.1, 0.15) is 39.8 Å². The van der Waals surface area contributed by atoms with E-state index in [0.717, 1.165) is 17.8 Å². The first-order valence-corrected chi connectivity index (χ1v) is 9.09. The minimum Gasteiger partial charge on any atom is -0.350 e. The molecule has 0 aliphatic rings. The first-order valence-electron chi connectivity index (χ1n) is 9.09. The number of carbonyl (C=O) groups is 1. The highest BCUT2D eigenvalue weighted by molar-refractivity contribution is 6.03. The Kier molecular flexibility index (Phi) is 5.81. The third kappa shape index (κ3) is 4.91. The van der Waals surface area contributed by atoms with Crippen molar-refractivity contribution in [2.75, 3.05) is 10.6 Å². The van der Waals surface area contributed by atoms with E-state index in [1.165, 1.54) is 16.7 Å². The van der Waals surface area contributed by atoms with Crippen LogP contribution in [0.3, 0.4) is 0 Å². The zero-order valence-electron chi connectivity index (χ0n) is 15.9. The highest BCUT2D eigenvalue weighted by Gasteiger charge is 2.11. The Hall–Kier alpha value is -3.21. The highest BCUT2D eigenvalue weighted by atomic mass is 16.1. The number of amides is 1. The third-order valence-electron chi connectivity index (χ3n) is 4.41. The van der Waals surface area contributed by atoms with Gasteiger partial charge in [0.15, 0.2) is 0 Å². The molecule has 138 valence electrons. The molecule has 3 rings (SSSR count). The number of aromatic nitrogens is 2. The lowest BCUT2D eigenvalue weighted by Crippen LogP contribution is -2.16. The molecule has 0 bridgehead atoms. The summed E-state index contributed by atoms with van der Waals surface area (Å²) in [5, 5.41) is 6.10. The van der Waals surface area contributed by atoms with Gasteiger partial charge in [-0.25, -0.2) is 9.97 Å². The van der Waals surface area contributed by atoms with E-state index in [4.69, 9.17) is 0 Å². The lowest BCUT2D eigenvalue weighted by Gasteiger charge is -2.10. The van der Waals surface area contributed by atoms with Crippen molar-refractivity contribution in [2.45, 2.75) is 33.7 Å². The number of aryl methyl sites for hydroxylation is 3. The Morgan fingerprint density at radius 2 is 1.74 bits per heavy atom. The highest BCUT2D eigenvalue weighted by Crippen LogP contribution is 2.14. The van der Waals surface area contributed by atoms with Gasteiger partial charge in [-0.3, -0.25) is 4.79 Å².